The van der Waals surface area contributed by atoms with E-state index in [0.717, 1.165) is 38.3 Å². The third-order valence-corrected chi connectivity index (χ3v) is 3.68. The summed E-state index contributed by atoms with van der Waals surface area (Å²) in [6, 6.07) is 8.19. The van der Waals surface area contributed by atoms with Gasteiger partial charge in [-0.05, 0) is 31.0 Å². The SMILES string of the molecule is CCCN(CC(=O)OC)CC1CCOc2ccccc21. The molecular weight excluding hydrogens is 254 g/mol. The van der Waals surface area contributed by atoms with E-state index < -0.39 is 0 Å². The highest BCUT2D eigenvalue weighted by molar-refractivity contribution is 5.71. The number of benzene rings is 1. The van der Waals surface area contributed by atoms with E-state index in [9.17, 15) is 4.79 Å². The Bertz CT molecular complexity index is 447. The maximum Gasteiger partial charge on any atom is 0.319 e. The van der Waals surface area contributed by atoms with Gasteiger partial charge in [-0.1, -0.05) is 25.1 Å². The molecule has 0 saturated heterocycles. The van der Waals surface area contributed by atoms with Crippen LogP contribution < -0.4 is 4.74 Å². The molecule has 1 atom stereocenters. The molecule has 1 heterocycles. The first kappa shape index (κ1) is 14.9. The van der Waals surface area contributed by atoms with Crippen molar-refractivity contribution in [1.29, 1.82) is 0 Å². The number of carbonyl (C=O) groups excluding carboxylic acids is 1. The normalized spacial score (nSPS) is 17.4. The molecule has 2 rings (SSSR count). The van der Waals surface area contributed by atoms with Gasteiger partial charge in [-0.15, -0.1) is 0 Å². The van der Waals surface area contributed by atoms with Crippen LogP contribution in [-0.2, 0) is 9.53 Å². The van der Waals surface area contributed by atoms with Crippen LogP contribution in [0.25, 0.3) is 0 Å². The van der Waals surface area contributed by atoms with Crippen molar-refractivity contribution in [3.05, 3.63) is 29.8 Å². The third-order valence-electron chi connectivity index (χ3n) is 3.68. The number of esters is 1. The van der Waals surface area contributed by atoms with E-state index in [4.69, 9.17) is 9.47 Å². The van der Waals surface area contributed by atoms with Crippen LogP contribution in [0.5, 0.6) is 5.75 Å². The van der Waals surface area contributed by atoms with E-state index in [0.29, 0.717) is 12.5 Å². The van der Waals surface area contributed by atoms with Crippen molar-refractivity contribution in [2.45, 2.75) is 25.7 Å². The van der Waals surface area contributed by atoms with Crippen LogP contribution >= 0.6 is 0 Å². The Morgan fingerprint density at radius 3 is 3.00 bits per heavy atom. The van der Waals surface area contributed by atoms with Gasteiger partial charge in [-0.3, -0.25) is 9.69 Å². The van der Waals surface area contributed by atoms with Gasteiger partial charge in [0.05, 0.1) is 20.3 Å². The topological polar surface area (TPSA) is 38.8 Å². The number of rotatable bonds is 6. The molecule has 1 aliphatic heterocycles. The van der Waals surface area contributed by atoms with Gasteiger partial charge in [0.2, 0.25) is 0 Å². The number of hydrogen-bond donors (Lipinski definition) is 0. The van der Waals surface area contributed by atoms with Crippen molar-refractivity contribution in [3.63, 3.8) is 0 Å². The Hall–Kier alpha value is -1.55. The van der Waals surface area contributed by atoms with E-state index in [1.807, 2.05) is 18.2 Å². The molecule has 0 amide bonds. The minimum atomic E-state index is -0.168. The smallest absolute Gasteiger partial charge is 0.319 e. The Morgan fingerprint density at radius 2 is 2.25 bits per heavy atom. The summed E-state index contributed by atoms with van der Waals surface area (Å²) in [6.45, 7) is 5.03. The monoisotopic (exact) mass is 277 g/mol. The lowest BCUT2D eigenvalue weighted by atomic mass is 9.92. The van der Waals surface area contributed by atoms with Gasteiger partial charge in [0.15, 0.2) is 0 Å². The second-order valence-corrected chi connectivity index (χ2v) is 5.18. The first-order valence-corrected chi connectivity index (χ1v) is 7.25. The van der Waals surface area contributed by atoms with Crippen molar-refractivity contribution in [3.8, 4) is 5.75 Å². The van der Waals surface area contributed by atoms with Crippen molar-refractivity contribution < 1.29 is 14.3 Å². The van der Waals surface area contributed by atoms with Crippen LogP contribution in [0, 0.1) is 0 Å². The Morgan fingerprint density at radius 1 is 1.45 bits per heavy atom. The molecule has 4 heteroatoms. The van der Waals surface area contributed by atoms with Crippen LogP contribution in [-0.4, -0.2) is 44.2 Å². The number of fused-ring (bicyclic) bond motifs is 1. The largest absolute Gasteiger partial charge is 0.493 e. The predicted molar refractivity (Wildman–Crippen MR) is 78.0 cm³/mol. The summed E-state index contributed by atoms with van der Waals surface area (Å²) < 4.78 is 10.5. The predicted octanol–water partition coefficient (Wildman–Crippen LogP) is 2.44. The molecule has 0 bridgehead atoms. The van der Waals surface area contributed by atoms with Gasteiger partial charge in [-0.25, -0.2) is 0 Å². The number of hydrogen-bond acceptors (Lipinski definition) is 4. The molecule has 4 nitrogen and oxygen atoms in total. The van der Waals surface area contributed by atoms with Crippen molar-refractivity contribution in [2.24, 2.45) is 0 Å². The van der Waals surface area contributed by atoms with Gasteiger partial charge >= 0.3 is 5.97 Å². The standard InChI is InChI=1S/C16H23NO3/c1-3-9-17(12-16(18)19-2)11-13-8-10-20-15-7-5-4-6-14(13)15/h4-7,13H,3,8-12H2,1-2H3. The van der Waals surface area contributed by atoms with Crippen molar-refractivity contribution >= 4 is 5.97 Å². The number of para-hydroxylation sites is 1. The lowest BCUT2D eigenvalue weighted by Gasteiger charge is -2.30. The van der Waals surface area contributed by atoms with Gasteiger partial charge in [0, 0.05) is 12.5 Å². The highest BCUT2D eigenvalue weighted by Crippen LogP contribution is 2.33. The Labute approximate surface area is 120 Å². The maximum atomic E-state index is 11.5. The molecule has 1 aromatic carbocycles. The van der Waals surface area contributed by atoms with Crippen LogP contribution in [0.3, 0.4) is 0 Å². The lowest BCUT2D eigenvalue weighted by Crippen LogP contribution is -2.36. The minimum Gasteiger partial charge on any atom is -0.493 e. The first-order valence-electron chi connectivity index (χ1n) is 7.25. The van der Waals surface area contributed by atoms with Gasteiger partial charge in [0.1, 0.15) is 5.75 Å². The molecule has 0 radical (unpaired) electrons. The fraction of sp³-hybridized carbons (Fsp3) is 0.562. The zero-order valence-corrected chi connectivity index (χ0v) is 12.3. The van der Waals surface area contributed by atoms with Crippen LogP contribution in [0.2, 0.25) is 0 Å². The molecule has 0 aliphatic carbocycles. The summed E-state index contributed by atoms with van der Waals surface area (Å²) in [6.07, 6.45) is 2.03. The summed E-state index contributed by atoms with van der Waals surface area (Å²) in [5.41, 5.74) is 1.25. The fourth-order valence-corrected chi connectivity index (χ4v) is 2.72. The Kier molecular flexibility index (Phi) is 5.41. The van der Waals surface area contributed by atoms with Crippen molar-refractivity contribution in [2.75, 3.05) is 33.4 Å². The molecule has 1 unspecified atom stereocenters. The minimum absolute atomic E-state index is 0.168. The average Bonchev–Trinajstić information content (AvgIpc) is 2.47. The summed E-state index contributed by atoms with van der Waals surface area (Å²) in [4.78, 5) is 13.7. The molecule has 1 aliphatic rings. The molecule has 0 aromatic heterocycles. The number of carbonyl (C=O) groups is 1. The summed E-state index contributed by atoms with van der Waals surface area (Å²) in [5.74, 6) is 1.24. The quantitative estimate of drug-likeness (QED) is 0.749. The van der Waals surface area contributed by atoms with Gasteiger partial charge in [-0.2, -0.15) is 0 Å². The van der Waals surface area contributed by atoms with E-state index >= 15 is 0 Å². The van der Waals surface area contributed by atoms with Crippen LogP contribution in [0.1, 0.15) is 31.2 Å². The maximum absolute atomic E-state index is 11.5. The molecular formula is C16H23NO3. The molecule has 20 heavy (non-hydrogen) atoms. The van der Waals surface area contributed by atoms with E-state index in [1.165, 1.54) is 12.7 Å². The summed E-state index contributed by atoms with van der Waals surface area (Å²) in [5, 5.41) is 0. The third kappa shape index (κ3) is 3.73. The first-order chi connectivity index (χ1) is 9.74. The highest BCUT2D eigenvalue weighted by Gasteiger charge is 2.24. The summed E-state index contributed by atoms with van der Waals surface area (Å²) in [7, 11) is 1.44. The Balaban J connectivity index is 2.05. The molecule has 0 fully saturated rings. The molecule has 0 spiro atoms. The van der Waals surface area contributed by atoms with Gasteiger partial charge < -0.3 is 9.47 Å². The average molecular weight is 277 g/mol. The summed E-state index contributed by atoms with van der Waals surface area (Å²) >= 11 is 0. The van der Waals surface area contributed by atoms with Crippen LogP contribution in [0.15, 0.2) is 24.3 Å². The second kappa shape index (κ2) is 7.29. The second-order valence-electron chi connectivity index (χ2n) is 5.18. The van der Waals surface area contributed by atoms with E-state index in [2.05, 4.69) is 17.9 Å². The lowest BCUT2D eigenvalue weighted by molar-refractivity contribution is -0.142. The number of ether oxygens (including phenoxy) is 2. The number of methoxy groups -OCH3 is 1. The zero-order valence-electron chi connectivity index (χ0n) is 12.3. The van der Waals surface area contributed by atoms with E-state index in [1.54, 1.807) is 0 Å². The molecule has 110 valence electrons. The van der Waals surface area contributed by atoms with Crippen molar-refractivity contribution in [1.82, 2.24) is 4.90 Å². The van der Waals surface area contributed by atoms with Crippen LogP contribution in [0.4, 0.5) is 0 Å². The molecule has 0 N–H and O–H groups in total. The molecule has 1 aromatic rings. The number of nitrogens with zero attached hydrogens (tertiary/aromatic N) is 1. The highest BCUT2D eigenvalue weighted by atomic mass is 16.5. The fourth-order valence-electron chi connectivity index (χ4n) is 2.72. The zero-order chi connectivity index (χ0) is 14.4. The van der Waals surface area contributed by atoms with E-state index in [-0.39, 0.29) is 5.97 Å². The van der Waals surface area contributed by atoms with Gasteiger partial charge in [0.25, 0.3) is 0 Å². The molecule has 0 saturated carbocycles.